The molecule has 0 saturated carbocycles. The van der Waals surface area contributed by atoms with Gasteiger partial charge in [-0.2, -0.15) is 0 Å². The predicted molar refractivity (Wildman–Crippen MR) is 72.0 cm³/mol. The Morgan fingerprint density at radius 3 is 2.65 bits per heavy atom. The molecule has 3 nitrogen and oxygen atoms in total. The van der Waals surface area contributed by atoms with E-state index in [0.717, 1.165) is 5.75 Å². The van der Waals surface area contributed by atoms with Gasteiger partial charge in [-0.1, -0.05) is 18.2 Å². The molecule has 0 fully saturated rings. The summed E-state index contributed by atoms with van der Waals surface area (Å²) in [5.74, 6) is 5.71. The minimum atomic E-state index is -0.262. The third kappa shape index (κ3) is 3.33. The highest BCUT2D eigenvalue weighted by molar-refractivity contribution is 8.00. The van der Waals surface area contributed by atoms with E-state index in [1.165, 1.54) is 9.77 Å². The minimum absolute atomic E-state index is 0.262. The molecule has 0 radical (unpaired) electrons. The van der Waals surface area contributed by atoms with Gasteiger partial charge in [-0.25, -0.2) is 5.84 Å². The lowest BCUT2D eigenvalue weighted by molar-refractivity contribution is 0.0953. The number of nitrogens with two attached hydrogens (primary N) is 1. The van der Waals surface area contributed by atoms with Crippen molar-refractivity contribution < 1.29 is 4.79 Å². The van der Waals surface area contributed by atoms with Gasteiger partial charge in [0.1, 0.15) is 0 Å². The quantitative estimate of drug-likeness (QED) is 0.386. The number of carbonyl (C=O) groups excluding carboxylic acids is 1. The molecule has 1 heterocycles. The van der Waals surface area contributed by atoms with Crippen LogP contribution >= 0.6 is 23.1 Å². The molecule has 5 heteroatoms. The Kier molecular flexibility index (Phi) is 4.19. The number of amides is 1. The molecule has 3 N–H and O–H groups in total. The van der Waals surface area contributed by atoms with Gasteiger partial charge in [0, 0.05) is 11.3 Å². The molecule has 2 aromatic rings. The van der Waals surface area contributed by atoms with Crippen LogP contribution in [0.5, 0.6) is 0 Å². The highest BCUT2D eigenvalue weighted by Crippen LogP contribution is 2.26. The van der Waals surface area contributed by atoms with Crippen molar-refractivity contribution in [2.24, 2.45) is 5.84 Å². The first-order chi connectivity index (χ1) is 8.29. The van der Waals surface area contributed by atoms with Crippen LogP contribution in [0.3, 0.4) is 0 Å². The van der Waals surface area contributed by atoms with Crippen molar-refractivity contribution in [3.8, 4) is 0 Å². The lowest BCUT2D eigenvalue weighted by Gasteiger charge is -2.02. The predicted octanol–water partition coefficient (Wildman–Crippen LogP) is 2.64. The van der Waals surface area contributed by atoms with Crippen LogP contribution in [0, 0.1) is 0 Å². The summed E-state index contributed by atoms with van der Waals surface area (Å²) in [6.45, 7) is 0. The van der Waals surface area contributed by atoms with Gasteiger partial charge in [0.2, 0.25) is 0 Å². The number of rotatable bonds is 4. The zero-order chi connectivity index (χ0) is 12.1. The summed E-state index contributed by atoms with van der Waals surface area (Å²) >= 11 is 3.53. The van der Waals surface area contributed by atoms with Crippen molar-refractivity contribution >= 4 is 29.0 Å². The van der Waals surface area contributed by atoms with Crippen LogP contribution in [-0.2, 0) is 5.75 Å². The topological polar surface area (TPSA) is 55.1 Å². The summed E-state index contributed by atoms with van der Waals surface area (Å²) in [6, 6.07) is 11.6. The monoisotopic (exact) mass is 264 g/mol. The van der Waals surface area contributed by atoms with Gasteiger partial charge in [-0.05, 0) is 29.1 Å². The molecule has 0 aliphatic rings. The molecule has 0 spiro atoms. The number of hydrazine groups is 1. The van der Waals surface area contributed by atoms with Gasteiger partial charge < -0.3 is 0 Å². The van der Waals surface area contributed by atoms with Gasteiger partial charge in [-0.3, -0.25) is 10.2 Å². The normalized spacial score (nSPS) is 10.2. The van der Waals surface area contributed by atoms with Crippen molar-refractivity contribution in [3.63, 3.8) is 0 Å². The second-order valence-electron chi connectivity index (χ2n) is 3.39. The average Bonchev–Trinajstić information content (AvgIpc) is 2.89. The Hall–Kier alpha value is -1.30. The van der Waals surface area contributed by atoms with E-state index in [1.807, 2.05) is 18.2 Å². The standard InChI is InChI=1S/C12H12N2OS2/c13-14-12(15)10-5-3-9(4-6-10)8-17-11-2-1-7-16-11/h1-7H,8,13H2,(H,14,15). The van der Waals surface area contributed by atoms with Crippen LogP contribution in [0.2, 0.25) is 0 Å². The summed E-state index contributed by atoms with van der Waals surface area (Å²) < 4.78 is 1.30. The lowest BCUT2D eigenvalue weighted by Crippen LogP contribution is -2.29. The van der Waals surface area contributed by atoms with E-state index in [2.05, 4.69) is 16.9 Å². The average molecular weight is 264 g/mol. The number of nitrogen functional groups attached to an aromatic ring is 1. The number of carbonyl (C=O) groups is 1. The molecule has 17 heavy (non-hydrogen) atoms. The largest absolute Gasteiger partial charge is 0.290 e. The van der Waals surface area contributed by atoms with Crippen molar-refractivity contribution in [2.45, 2.75) is 9.96 Å². The maximum atomic E-state index is 11.2. The van der Waals surface area contributed by atoms with Crippen LogP contribution in [0.4, 0.5) is 0 Å². The molecule has 1 aromatic carbocycles. The molecule has 1 amide bonds. The first-order valence-electron chi connectivity index (χ1n) is 5.06. The maximum absolute atomic E-state index is 11.2. The molecule has 2 rings (SSSR count). The first kappa shape index (κ1) is 12.2. The minimum Gasteiger partial charge on any atom is -0.290 e. The SMILES string of the molecule is NNC(=O)c1ccc(CSc2cccs2)cc1. The number of benzene rings is 1. The molecular formula is C12H12N2OS2. The third-order valence-electron chi connectivity index (χ3n) is 2.22. The van der Waals surface area contributed by atoms with Crippen LogP contribution in [0.15, 0.2) is 46.0 Å². The number of thioether (sulfide) groups is 1. The zero-order valence-electron chi connectivity index (χ0n) is 9.05. The molecule has 0 unspecified atom stereocenters. The fourth-order valence-corrected chi connectivity index (χ4v) is 3.08. The molecule has 88 valence electrons. The zero-order valence-corrected chi connectivity index (χ0v) is 10.7. The Morgan fingerprint density at radius 2 is 2.06 bits per heavy atom. The highest BCUT2D eigenvalue weighted by Gasteiger charge is 2.03. The van der Waals surface area contributed by atoms with Gasteiger partial charge in [-0.15, -0.1) is 23.1 Å². The fourth-order valence-electron chi connectivity index (χ4n) is 1.34. The summed E-state index contributed by atoms with van der Waals surface area (Å²) in [7, 11) is 0. The number of nitrogens with one attached hydrogen (secondary N) is 1. The van der Waals surface area contributed by atoms with E-state index in [1.54, 1.807) is 35.2 Å². The molecular weight excluding hydrogens is 252 g/mol. The number of hydrogen-bond acceptors (Lipinski definition) is 4. The first-order valence-corrected chi connectivity index (χ1v) is 6.92. The summed E-state index contributed by atoms with van der Waals surface area (Å²) in [5.41, 5.74) is 3.89. The van der Waals surface area contributed by atoms with E-state index in [0.29, 0.717) is 5.56 Å². The summed E-state index contributed by atoms with van der Waals surface area (Å²) in [4.78, 5) is 11.2. The van der Waals surface area contributed by atoms with Crippen LogP contribution < -0.4 is 11.3 Å². The van der Waals surface area contributed by atoms with E-state index in [9.17, 15) is 4.79 Å². The third-order valence-corrected chi connectivity index (χ3v) is 4.43. The van der Waals surface area contributed by atoms with E-state index >= 15 is 0 Å². The molecule has 0 bridgehead atoms. The van der Waals surface area contributed by atoms with Crippen LogP contribution in [-0.4, -0.2) is 5.91 Å². The summed E-state index contributed by atoms with van der Waals surface area (Å²) in [6.07, 6.45) is 0. The van der Waals surface area contributed by atoms with E-state index in [-0.39, 0.29) is 5.91 Å². The molecule has 0 saturated heterocycles. The molecule has 1 aromatic heterocycles. The molecule has 0 aliphatic carbocycles. The van der Waals surface area contributed by atoms with Crippen molar-refractivity contribution in [3.05, 3.63) is 52.9 Å². The van der Waals surface area contributed by atoms with Crippen molar-refractivity contribution in [2.75, 3.05) is 0 Å². The Morgan fingerprint density at radius 1 is 1.29 bits per heavy atom. The van der Waals surface area contributed by atoms with Crippen molar-refractivity contribution in [1.82, 2.24) is 5.43 Å². The number of thiophene rings is 1. The molecule has 0 aliphatic heterocycles. The van der Waals surface area contributed by atoms with E-state index in [4.69, 9.17) is 5.84 Å². The molecule has 0 atom stereocenters. The van der Waals surface area contributed by atoms with Gasteiger partial charge in [0.05, 0.1) is 4.21 Å². The highest BCUT2D eigenvalue weighted by atomic mass is 32.2. The van der Waals surface area contributed by atoms with Crippen LogP contribution in [0.25, 0.3) is 0 Å². The van der Waals surface area contributed by atoms with Gasteiger partial charge in [0.25, 0.3) is 5.91 Å². The number of hydrogen-bond donors (Lipinski definition) is 2. The summed E-state index contributed by atoms with van der Waals surface area (Å²) in [5, 5.41) is 2.07. The van der Waals surface area contributed by atoms with Gasteiger partial charge in [0.15, 0.2) is 0 Å². The van der Waals surface area contributed by atoms with E-state index < -0.39 is 0 Å². The van der Waals surface area contributed by atoms with Crippen LogP contribution in [0.1, 0.15) is 15.9 Å². The maximum Gasteiger partial charge on any atom is 0.265 e. The fraction of sp³-hybridized carbons (Fsp3) is 0.0833. The van der Waals surface area contributed by atoms with Gasteiger partial charge >= 0.3 is 0 Å². The Labute approximate surface area is 108 Å². The smallest absolute Gasteiger partial charge is 0.265 e. The second kappa shape index (κ2) is 5.86. The van der Waals surface area contributed by atoms with Crippen molar-refractivity contribution in [1.29, 1.82) is 0 Å². The Balaban J connectivity index is 1.96. The lowest BCUT2D eigenvalue weighted by atomic mass is 10.1. The second-order valence-corrected chi connectivity index (χ2v) is 5.61. The Bertz CT molecular complexity index is 480.